The maximum atomic E-state index is 12.2. The summed E-state index contributed by atoms with van der Waals surface area (Å²) < 4.78 is 7.25. The van der Waals surface area contributed by atoms with E-state index >= 15 is 0 Å². The Bertz CT molecular complexity index is 890. The zero-order valence-electron chi connectivity index (χ0n) is 16.5. The highest BCUT2D eigenvalue weighted by Gasteiger charge is 2.26. The van der Waals surface area contributed by atoms with Gasteiger partial charge in [0.2, 0.25) is 5.91 Å². The Kier molecular flexibility index (Phi) is 7.13. The topological polar surface area (TPSA) is 108 Å². The third-order valence-electron chi connectivity index (χ3n) is 4.99. The molecule has 156 valence electrons. The lowest BCUT2D eigenvalue weighted by atomic mass is 9.96. The number of likely N-dealkylation sites (tertiary alicyclic amines) is 1. The molecule has 1 aromatic heterocycles. The molecule has 0 aliphatic carbocycles. The number of nitrogens with zero attached hydrogens (tertiary/aromatic N) is 3. The predicted octanol–water partition coefficient (Wildman–Crippen LogP) is 1.81. The largest absolute Gasteiger partial charge is 0.455 e. The van der Waals surface area contributed by atoms with Crippen LogP contribution in [0.1, 0.15) is 26.2 Å². The molecule has 8 nitrogen and oxygen atoms in total. The molecule has 1 aliphatic heterocycles. The predicted molar refractivity (Wildman–Crippen MR) is 110 cm³/mol. The smallest absolute Gasteiger partial charge is 0.316 e. The quantitative estimate of drug-likeness (QED) is 0.517. The Labute approximate surface area is 173 Å². The summed E-state index contributed by atoms with van der Waals surface area (Å²) in [6.45, 7) is 3.54. The van der Waals surface area contributed by atoms with E-state index in [0.717, 1.165) is 29.2 Å². The minimum absolute atomic E-state index is 0.0874. The van der Waals surface area contributed by atoms with Crippen molar-refractivity contribution in [1.82, 2.24) is 14.5 Å². The van der Waals surface area contributed by atoms with Crippen molar-refractivity contribution < 1.29 is 19.1 Å². The van der Waals surface area contributed by atoms with Gasteiger partial charge in [-0.05, 0) is 31.4 Å². The van der Waals surface area contributed by atoms with Crippen LogP contribution in [0.25, 0.3) is 11.0 Å². The van der Waals surface area contributed by atoms with E-state index in [9.17, 15) is 14.4 Å². The van der Waals surface area contributed by atoms with E-state index in [-0.39, 0.29) is 30.1 Å². The first-order valence-electron chi connectivity index (χ1n) is 9.80. The fourth-order valence-corrected chi connectivity index (χ4v) is 4.25. The van der Waals surface area contributed by atoms with Crippen LogP contribution in [0.3, 0.4) is 0 Å². The summed E-state index contributed by atoms with van der Waals surface area (Å²) in [4.78, 5) is 41.7. The molecule has 29 heavy (non-hydrogen) atoms. The van der Waals surface area contributed by atoms with Gasteiger partial charge >= 0.3 is 5.97 Å². The van der Waals surface area contributed by atoms with Crippen LogP contribution in [0.5, 0.6) is 0 Å². The minimum Gasteiger partial charge on any atom is -0.455 e. The molecule has 1 fully saturated rings. The lowest BCUT2D eigenvalue weighted by molar-refractivity contribution is -0.150. The summed E-state index contributed by atoms with van der Waals surface area (Å²) in [5, 5.41) is 0.768. The molecule has 9 heteroatoms. The Hall–Kier alpha value is -2.55. The highest BCUT2D eigenvalue weighted by atomic mass is 32.2. The van der Waals surface area contributed by atoms with Gasteiger partial charge in [0.1, 0.15) is 0 Å². The number of piperidine rings is 1. The summed E-state index contributed by atoms with van der Waals surface area (Å²) >= 11 is 1.31. The number of ether oxygens (including phenoxy) is 1. The first-order valence-corrected chi connectivity index (χ1v) is 10.8. The lowest BCUT2D eigenvalue weighted by Gasteiger charge is -2.30. The Morgan fingerprint density at radius 2 is 1.97 bits per heavy atom. The van der Waals surface area contributed by atoms with Gasteiger partial charge in [-0.2, -0.15) is 0 Å². The second-order valence-corrected chi connectivity index (χ2v) is 7.98. The van der Waals surface area contributed by atoms with Crippen molar-refractivity contribution in [3.63, 3.8) is 0 Å². The average Bonchev–Trinajstić information content (AvgIpc) is 3.08. The molecule has 2 aromatic rings. The van der Waals surface area contributed by atoms with Crippen LogP contribution < -0.4 is 5.73 Å². The van der Waals surface area contributed by atoms with E-state index in [0.29, 0.717) is 25.9 Å². The summed E-state index contributed by atoms with van der Waals surface area (Å²) in [5.74, 6) is -1.12. The Morgan fingerprint density at radius 1 is 1.24 bits per heavy atom. The number of carbonyl (C=O) groups is 3. The number of esters is 1. The average molecular weight is 419 g/mol. The summed E-state index contributed by atoms with van der Waals surface area (Å²) in [5.41, 5.74) is 7.24. The van der Waals surface area contributed by atoms with E-state index < -0.39 is 5.97 Å². The number of fused-ring (bicyclic) bond motifs is 1. The van der Waals surface area contributed by atoms with Crippen molar-refractivity contribution in [3.8, 4) is 0 Å². The van der Waals surface area contributed by atoms with Crippen LogP contribution in [-0.2, 0) is 25.7 Å². The second kappa shape index (κ2) is 9.78. The minimum atomic E-state index is -0.453. The van der Waals surface area contributed by atoms with Gasteiger partial charge in [-0.15, -0.1) is 0 Å². The van der Waals surface area contributed by atoms with E-state index in [1.54, 1.807) is 4.90 Å². The normalized spacial score (nSPS) is 14.9. The van der Waals surface area contributed by atoms with Gasteiger partial charge in [-0.1, -0.05) is 30.8 Å². The van der Waals surface area contributed by atoms with Crippen molar-refractivity contribution >= 4 is 40.6 Å². The number of rotatable bonds is 8. The molecule has 0 saturated carbocycles. The standard InChI is InChI=1S/C20H26N4O4S/c1-2-9-24-16-6-4-3-5-15(16)22-20(24)29-13-18(26)28-12-17(25)23-10-7-14(8-11-23)19(21)27/h3-6,14H,2,7-13H2,1H3,(H2,21,27). The van der Waals surface area contributed by atoms with Crippen molar-refractivity contribution in [2.45, 2.75) is 37.9 Å². The number of aryl methyl sites for hydroxylation is 1. The van der Waals surface area contributed by atoms with E-state index in [1.165, 1.54) is 11.8 Å². The van der Waals surface area contributed by atoms with Gasteiger partial charge in [0.25, 0.3) is 5.91 Å². The van der Waals surface area contributed by atoms with Crippen LogP contribution >= 0.6 is 11.8 Å². The molecule has 2 N–H and O–H groups in total. The molecule has 0 atom stereocenters. The molecule has 2 heterocycles. The van der Waals surface area contributed by atoms with Gasteiger partial charge in [-0.25, -0.2) is 4.98 Å². The number of aromatic nitrogens is 2. The fourth-order valence-electron chi connectivity index (χ4n) is 3.42. The van der Waals surface area contributed by atoms with Crippen molar-refractivity contribution in [3.05, 3.63) is 24.3 Å². The van der Waals surface area contributed by atoms with E-state index in [1.807, 2.05) is 24.3 Å². The first kappa shape index (κ1) is 21.2. The van der Waals surface area contributed by atoms with Gasteiger partial charge < -0.3 is 19.9 Å². The highest BCUT2D eigenvalue weighted by Crippen LogP contribution is 2.24. The number of carbonyl (C=O) groups excluding carboxylic acids is 3. The molecule has 0 bridgehead atoms. The maximum absolute atomic E-state index is 12.2. The molecule has 1 aromatic carbocycles. The number of benzene rings is 1. The Morgan fingerprint density at radius 3 is 2.66 bits per heavy atom. The van der Waals surface area contributed by atoms with Gasteiger partial charge in [0.15, 0.2) is 11.8 Å². The van der Waals surface area contributed by atoms with Crippen molar-refractivity contribution in [1.29, 1.82) is 0 Å². The number of amides is 2. The number of para-hydroxylation sites is 2. The molecule has 0 spiro atoms. The molecule has 0 radical (unpaired) electrons. The number of hydrogen-bond donors (Lipinski definition) is 1. The third-order valence-corrected chi connectivity index (χ3v) is 5.94. The molecule has 1 saturated heterocycles. The van der Waals surface area contributed by atoms with Gasteiger partial charge in [0.05, 0.1) is 16.8 Å². The SMILES string of the molecule is CCCn1c(SCC(=O)OCC(=O)N2CCC(C(N)=O)CC2)nc2ccccc21. The van der Waals surface area contributed by atoms with Gasteiger partial charge in [0, 0.05) is 25.6 Å². The number of primary amides is 1. The van der Waals surface area contributed by atoms with Crippen LogP contribution in [0.4, 0.5) is 0 Å². The third kappa shape index (κ3) is 5.29. The zero-order chi connectivity index (χ0) is 20.8. The number of imidazole rings is 1. The lowest BCUT2D eigenvalue weighted by Crippen LogP contribution is -2.43. The first-order chi connectivity index (χ1) is 14.0. The molecule has 0 unspecified atom stereocenters. The van der Waals surface area contributed by atoms with Gasteiger partial charge in [-0.3, -0.25) is 14.4 Å². The molecule has 1 aliphatic rings. The van der Waals surface area contributed by atoms with Crippen LogP contribution in [0.15, 0.2) is 29.4 Å². The maximum Gasteiger partial charge on any atom is 0.316 e. The fraction of sp³-hybridized carbons (Fsp3) is 0.500. The van der Waals surface area contributed by atoms with Crippen molar-refractivity contribution in [2.24, 2.45) is 11.7 Å². The second-order valence-electron chi connectivity index (χ2n) is 7.04. The molecule has 3 rings (SSSR count). The summed E-state index contributed by atoms with van der Waals surface area (Å²) in [6, 6.07) is 7.87. The number of thioether (sulfide) groups is 1. The van der Waals surface area contributed by atoms with E-state index in [4.69, 9.17) is 10.5 Å². The number of hydrogen-bond acceptors (Lipinski definition) is 6. The summed E-state index contributed by atoms with van der Waals surface area (Å²) in [6.07, 6.45) is 2.07. The molecular formula is C20H26N4O4S. The molecule has 2 amide bonds. The van der Waals surface area contributed by atoms with Crippen LogP contribution in [-0.4, -0.2) is 57.7 Å². The summed E-state index contributed by atoms with van der Waals surface area (Å²) in [7, 11) is 0. The Balaban J connectivity index is 1.48. The van der Waals surface area contributed by atoms with Crippen LogP contribution in [0.2, 0.25) is 0 Å². The number of nitrogens with two attached hydrogens (primary N) is 1. The van der Waals surface area contributed by atoms with Crippen LogP contribution in [0, 0.1) is 5.92 Å². The van der Waals surface area contributed by atoms with E-state index in [2.05, 4.69) is 16.5 Å². The highest BCUT2D eigenvalue weighted by molar-refractivity contribution is 7.99. The molecular weight excluding hydrogens is 392 g/mol. The monoisotopic (exact) mass is 418 g/mol. The van der Waals surface area contributed by atoms with Crippen molar-refractivity contribution in [2.75, 3.05) is 25.4 Å². The zero-order valence-corrected chi connectivity index (χ0v) is 17.3.